The molecule has 1 aliphatic heterocycles. The number of hydrogen-bond donors (Lipinski definition) is 1. The molecule has 1 fully saturated rings. The number of nitrogens with one attached hydrogen (secondary N) is 1. The summed E-state index contributed by atoms with van der Waals surface area (Å²) < 4.78 is 0. The van der Waals surface area contributed by atoms with Crippen LogP contribution in [0.3, 0.4) is 0 Å². The van der Waals surface area contributed by atoms with Crippen LogP contribution in [0.25, 0.3) is 0 Å². The van der Waals surface area contributed by atoms with E-state index in [0.717, 1.165) is 19.6 Å². The molecular formula is C16H29N3S. The van der Waals surface area contributed by atoms with Gasteiger partial charge in [0.1, 0.15) is 0 Å². The second-order valence-electron chi connectivity index (χ2n) is 6.07. The monoisotopic (exact) mass is 295 g/mol. The minimum atomic E-state index is 0.301. The lowest BCUT2D eigenvalue weighted by Crippen LogP contribution is -2.63. The summed E-state index contributed by atoms with van der Waals surface area (Å²) in [5.41, 5.74) is 1.55. The number of aryl methyl sites for hydroxylation is 1. The third-order valence-corrected chi connectivity index (χ3v) is 5.56. The molecule has 0 spiro atoms. The van der Waals surface area contributed by atoms with Crippen molar-refractivity contribution in [1.82, 2.24) is 15.2 Å². The van der Waals surface area contributed by atoms with Crippen LogP contribution in [0, 0.1) is 6.92 Å². The Balaban J connectivity index is 2.10. The standard InChI is InChI=1S/C16H29N3S/c1-5-8-15-9-17-16(6-2,7-3)12-19(15)10-14-11-20-13(4)18-14/h11,15,17H,5-10,12H2,1-4H3. The SMILES string of the molecule is CCCC1CNC(CC)(CC)CN1Cc1csc(C)n1. The van der Waals surface area contributed by atoms with Crippen molar-refractivity contribution in [3.05, 3.63) is 16.1 Å². The number of piperazine rings is 1. The Labute approximate surface area is 127 Å². The lowest BCUT2D eigenvalue weighted by Gasteiger charge is -2.47. The minimum Gasteiger partial charge on any atom is -0.308 e. The van der Waals surface area contributed by atoms with Crippen LogP contribution >= 0.6 is 11.3 Å². The predicted octanol–water partition coefficient (Wildman–Crippen LogP) is 3.58. The first-order valence-corrected chi connectivity index (χ1v) is 8.90. The van der Waals surface area contributed by atoms with Crippen molar-refractivity contribution in [2.45, 2.75) is 71.5 Å². The van der Waals surface area contributed by atoms with Gasteiger partial charge in [-0.15, -0.1) is 11.3 Å². The van der Waals surface area contributed by atoms with Gasteiger partial charge in [-0.2, -0.15) is 0 Å². The molecule has 1 aromatic rings. The van der Waals surface area contributed by atoms with E-state index >= 15 is 0 Å². The van der Waals surface area contributed by atoms with Crippen LogP contribution in [-0.4, -0.2) is 34.6 Å². The van der Waals surface area contributed by atoms with Gasteiger partial charge in [-0.05, 0) is 26.2 Å². The third-order valence-electron chi connectivity index (χ3n) is 4.74. The summed E-state index contributed by atoms with van der Waals surface area (Å²) in [6.45, 7) is 12.3. The largest absolute Gasteiger partial charge is 0.308 e. The third kappa shape index (κ3) is 3.60. The Hall–Kier alpha value is -0.450. The Bertz CT molecular complexity index is 412. The molecule has 20 heavy (non-hydrogen) atoms. The molecule has 1 N–H and O–H groups in total. The Morgan fingerprint density at radius 1 is 1.40 bits per heavy atom. The van der Waals surface area contributed by atoms with Gasteiger partial charge in [0.25, 0.3) is 0 Å². The zero-order valence-corrected chi connectivity index (χ0v) is 14.2. The van der Waals surface area contributed by atoms with Gasteiger partial charge in [-0.1, -0.05) is 27.2 Å². The fraction of sp³-hybridized carbons (Fsp3) is 0.812. The van der Waals surface area contributed by atoms with E-state index in [9.17, 15) is 0 Å². The molecular weight excluding hydrogens is 266 g/mol. The lowest BCUT2D eigenvalue weighted by molar-refractivity contribution is 0.0608. The lowest BCUT2D eigenvalue weighted by atomic mass is 9.87. The molecule has 1 aromatic heterocycles. The molecule has 0 amide bonds. The highest BCUT2D eigenvalue weighted by atomic mass is 32.1. The first-order valence-electron chi connectivity index (χ1n) is 8.02. The van der Waals surface area contributed by atoms with Crippen molar-refractivity contribution >= 4 is 11.3 Å². The van der Waals surface area contributed by atoms with Crippen molar-refractivity contribution in [3.63, 3.8) is 0 Å². The van der Waals surface area contributed by atoms with E-state index in [0.29, 0.717) is 11.6 Å². The van der Waals surface area contributed by atoms with Crippen molar-refractivity contribution in [3.8, 4) is 0 Å². The molecule has 0 bridgehead atoms. The van der Waals surface area contributed by atoms with Crippen molar-refractivity contribution in [2.75, 3.05) is 13.1 Å². The molecule has 1 saturated heterocycles. The van der Waals surface area contributed by atoms with E-state index in [-0.39, 0.29) is 0 Å². The summed E-state index contributed by atoms with van der Waals surface area (Å²) in [5.74, 6) is 0. The number of thiazole rings is 1. The summed E-state index contributed by atoms with van der Waals surface area (Å²) in [4.78, 5) is 7.32. The van der Waals surface area contributed by atoms with E-state index in [2.05, 4.69) is 48.3 Å². The molecule has 3 nitrogen and oxygen atoms in total. The topological polar surface area (TPSA) is 28.2 Å². The fourth-order valence-corrected chi connectivity index (χ4v) is 3.86. The highest BCUT2D eigenvalue weighted by molar-refractivity contribution is 7.09. The average molecular weight is 295 g/mol. The molecule has 0 aliphatic carbocycles. The molecule has 4 heteroatoms. The van der Waals surface area contributed by atoms with E-state index in [4.69, 9.17) is 0 Å². The van der Waals surface area contributed by atoms with Crippen LogP contribution in [0.1, 0.15) is 57.2 Å². The summed E-state index contributed by atoms with van der Waals surface area (Å²) in [5, 5.41) is 7.23. The van der Waals surface area contributed by atoms with Gasteiger partial charge >= 0.3 is 0 Å². The second-order valence-corrected chi connectivity index (χ2v) is 7.14. The predicted molar refractivity (Wildman–Crippen MR) is 87.3 cm³/mol. The zero-order chi connectivity index (χ0) is 14.6. The van der Waals surface area contributed by atoms with Crippen LogP contribution in [0.2, 0.25) is 0 Å². The molecule has 2 rings (SSSR count). The molecule has 1 atom stereocenters. The van der Waals surface area contributed by atoms with Crippen LogP contribution in [0.15, 0.2) is 5.38 Å². The van der Waals surface area contributed by atoms with Crippen molar-refractivity contribution < 1.29 is 0 Å². The first-order chi connectivity index (χ1) is 9.62. The normalized spacial score (nSPS) is 23.1. The summed E-state index contributed by atoms with van der Waals surface area (Å²) in [7, 11) is 0. The molecule has 0 saturated carbocycles. The number of nitrogens with zero attached hydrogens (tertiary/aromatic N) is 2. The van der Waals surface area contributed by atoms with Crippen LogP contribution < -0.4 is 5.32 Å². The van der Waals surface area contributed by atoms with Gasteiger partial charge in [0.15, 0.2) is 0 Å². The van der Waals surface area contributed by atoms with Gasteiger partial charge in [0, 0.05) is 36.6 Å². The number of aromatic nitrogens is 1. The first kappa shape index (κ1) is 15.9. The highest BCUT2D eigenvalue weighted by Crippen LogP contribution is 2.26. The molecule has 0 radical (unpaired) electrons. The smallest absolute Gasteiger partial charge is 0.0897 e. The van der Waals surface area contributed by atoms with Crippen LogP contribution in [0.5, 0.6) is 0 Å². The molecule has 2 heterocycles. The van der Waals surface area contributed by atoms with Crippen molar-refractivity contribution in [1.29, 1.82) is 0 Å². The van der Waals surface area contributed by atoms with Gasteiger partial charge in [-0.3, -0.25) is 4.90 Å². The maximum absolute atomic E-state index is 4.66. The average Bonchev–Trinajstić information content (AvgIpc) is 2.86. The number of hydrogen-bond acceptors (Lipinski definition) is 4. The van der Waals surface area contributed by atoms with E-state index in [1.807, 2.05) is 0 Å². The van der Waals surface area contributed by atoms with Gasteiger partial charge in [-0.25, -0.2) is 4.98 Å². The van der Waals surface area contributed by atoms with Gasteiger partial charge in [0.05, 0.1) is 10.7 Å². The molecule has 1 unspecified atom stereocenters. The van der Waals surface area contributed by atoms with Gasteiger partial charge < -0.3 is 5.32 Å². The Kier molecular flexibility index (Phi) is 5.58. The quantitative estimate of drug-likeness (QED) is 0.869. The van der Waals surface area contributed by atoms with E-state index in [1.165, 1.54) is 36.4 Å². The fourth-order valence-electron chi connectivity index (χ4n) is 3.25. The molecule has 114 valence electrons. The number of rotatable bonds is 6. The minimum absolute atomic E-state index is 0.301. The zero-order valence-electron chi connectivity index (χ0n) is 13.4. The maximum atomic E-state index is 4.66. The second kappa shape index (κ2) is 7.01. The molecule has 1 aliphatic rings. The summed E-state index contributed by atoms with van der Waals surface area (Å²) >= 11 is 1.77. The van der Waals surface area contributed by atoms with E-state index in [1.54, 1.807) is 11.3 Å². The van der Waals surface area contributed by atoms with E-state index < -0.39 is 0 Å². The summed E-state index contributed by atoms with van der Waals surface area (Å²) in [6, 6.07) is 0.660. The van der Waals surface area contributed by atoms with Crippen molar-refractivity contribution in [2.24, 2.45) is 0 Å². The van der Waals surface area contributed by atoms with Crippen LogP contribution in [-0.2, 0) is 6.54 Å². The highest BCUT2D eigenvalue weighted by Gasteiger charge is 2.36. The summed E-state index contributed by atoms with van der Waals surface area (Å²) in [6.07, 6.45) is 4.94. The van der Waals surface area contributed by atoms with Crippen LogP contribution in [0.4, 0.5) is 0 Å². The Morgan fingerprint density at radius 3 is 2.70 bits per heavy atom. The molecule has 0 aromatic carbocycles. The maximum Gasteiger partial charge on any atom is 0.0897 e. The Morgan fingerprint density at radius 2 is 2.15 bits per heavy atom. The van der Waals surface area contributed by atoms with Gasteiger partial charge in [0.2, 0.25) is 0 Å².